The molecule has 0 N–H and O–H groups in total. The van der Waals surface area contributed by atoms with E-state index in [9.17, 15) is 0 Å². The first-order valence-electron chi connectivity index (χ1n) is 6.70. The van der Waals surface area contributed by atoms with Gasteiger partial charge in [0.05, 0.1) is 0 Å². The fraction of sp³-hybridized carbons (Fsp3) is 0.867. The fourth-order valence-corrected chi connectivity index (χ4v) is 4.82. The SMILES string of the molecule is CC1=CC[C@@H]2[C@H]([C@@H]3[C@H](C)CC[C@@H]13)C2(C)C. The molecule has 0 nitrogen and oxygen atoms in total. The maximum absolute atomic E-state index is 2.56. The summed E-state index contributed by atoms with van der Waals surface area (Å²) in [4.78, 5) is 0. The monoisotopic (exact) mass is 204 g/mol. The van der Waals surface area contributed by atoms with Gasteiger partial charge in [-0.3, -0.25) is 0 Å². The molecule has 3 aliphatic rings. The van der Waals surface area contributed by atoms with Crippen LogP contribution in [0.1, 0.15) is 47.0 Å². The van der Waals surface area contributed by atoms with Gasteiger partial charge in [0.15, 0.2) is 0 Å². The lowest BCUT2D eigenvalue weighted by molar-refractivity contribution is 0.279. The highest BCUT2D eigenvalue weighted by atomic mass is 14.7. The van der Waals surface area contributed by atoms with Crippen molar-refractivity contribution in [1.29, 1.82) is 0 Å². The number of fused-ring (bicyclic) bond motifs is 3. The minimum absolute atomic E-state index is 0.652. The zero-order valence-electron chi connectivity index (χ0n) is 10.6. The highest BCUT2D eigenvalue weighted by Gasteiger charge is 2.63. The zero-order valence-corrected chi connectivity index (χ0v) is 10.6. The summed E-state index contributed by atoms with van der Waals surface area (Å²) < 4.78 is 0. The third-order valence-corrected chi connectivity index (χ3v) is 5.89. The molecule has 0 amide bonds. The Bertz CT molecular complexity index is 310. The second kappa shape index (κ2) is 2.90. The molecule has 0 saturated heterocycles. The van der Waals surface area contributed by atoms with E-state index in [1.54, 1.807) is 5.57 Å². The molecule has 5 atom stereocenters. The molecule has 0 aromatic heterocycles. The van der Waals surface area contributed by atoms with Crippen molar-refractivity contribution >= 4 is 0 Å². The molecule has 0 unspecified atom stereocenters. The molecular weight excluding hydrogens is 180 g/mol. The summed E-state index contributed by atoms with van der Waals surface area (Å²) in [6.07, 6.45) is 6.87. The van der Waals surface area contributed by atoms with Gasteiger partial charge in [-0.25, -0.2) is 0 Å². The van der Waals surface area contributed by atoms with Crippen LogP contribution in [-0.4, -0.2) is 0 Å². The second-order valence-electron chi connectivity index (χ2n) is 6.88. The van der Waals surface area contributed by atoms with E-state index in [1.807, 2.05) is 0 Å². The van der Waals surface area contributed by atoms with Crippen LogP contribution in [0.3, 0.4) is 0 Å². The average Bonchev–Trinajstić information content (AvgIpc) is 2.55. The van der Waals surface area contributed by atoms with Crippen molar-refractivity contribution in [1.82, 2.24) is 0 Å². The third-order valence-electron chi connectivity index (χ3n) is 5.89. The first kappa shape index (κ1) is 9.93. The van der Waals surface area contributed by atoms with Crippen molar-refractivity contribution in [3.8, 4) is 0 Å². The Morgan fingerprint density at radius 1 is 1.27 bits per heavy atom. The molecular formula is C15H24. The van der Waals surface area contributed by atoms with Gasteiger partial charge in [-0.2, -0.15) is 0 Å². The Morgan fingerprint density at radius 2 is 2.00 bits per heavy atom. The first-order chi connectivity index (χ1) is 7.03. The van der Waals surface area contributed by atoms with E-state index in [1.165, 1.54) is 19.3 Å². The lowest BCUT2D eigenvalue weighted by Crippen LogP contribution is -2.18. The average molecular weight is 204 g/mol. The Balaban J connectivity index is 1.96. The standard InChI is InChI=1S/C15H24/c1-9-6-8-12-14(15(12,3)4)13-10(2)5-7-11(9)13/h6,10-14H,5,7-8H2,1-4H3/t10-,11+,12-,13-,14-/m1/s1. The topological polar surface area (TPSA) is 0 Å². The van der Waals surface area contributed by atoms with Crippen molar-refractivity contribution in [3.63, 3.8) is 0 Å². The molecule has 0 aliphatic heterocycles. The molecule has 0 spiro atoms. The molecule has 0 radical (unpaired) electrons. The summed E-state index contributed by atoms with van der Waals surface area (Å²) in [5.74, 6) is 4.97. The van der Waals surface area contributed by atoms with Crippen molar-refractivity contribution in [3.05, 3.63) is 11.6 Å². The van der Waals surface area contributed by atoms with E-state index >= 15 is 0 Å². The summed E-state index contributed by atoms with van der Waals surface area (Å²) in [6.45, 7) is 9.88. The number of hydrogen-bond donors (Lipinski definition) is 0. The normalized spacial score (nSPS) is 51.5. The van der Waals surface area contributed by atoms with Crippen molar-refractivity contribution < 1.29 is 0 Å². The largest absolute Gasteiger partial charge is 0.0850 e. The van der Waals surface area contributed by atoms with Gasteiger partial charge in [-0.05, 0) is 61.2 Å². The van der Waals surface area contributed by atoms with E-state index < -0.39 is 0 Å². The van der Waals surface area contributed by atoms with Gasteiger partial charge in [0, 0.05) is 0 Å². The van der Waals surface area contributed by atoms with Gasteiger partial charge >= 0.3 is 0 Å². The maximum atomic E-state index is 2.56. The van der Waals surface area contributed by atoms with Crippen molar-refractivity contribution in [2.24, 2.45) is 35.0 Å². The number of hydrogen-bond acceptors (Lipinski definition) is 0. The summed E-state index contributed by atoms with van der Waals surface area (Å²) >= 11 is 0. The molecule has 3 rings (SSSR count). The Hall–Kier alpha value is -0.260. The predicted octanol–water partition coefficient (Wildman–Crippen LogP) is 4.27. The summed E-state index contributed by atoms with van der Waals surface area (Å²) in [7, 11) is 0. The van der Waals surface area contributed by atoms with Gasteiger partial charge < -0.3 is 0 Å². The van der Waals surface area contributed by atoms with Crippen molar-refractivity contribution in [2.45, 2.75) is 47.0 Å². The van der Waals surface area contributed by atoms with Gasteiger partial charge in [0.1, 0.15) is 0 Å². The molecule has 2 fully saturated rings. The van der Waals surface area contributed by atoms with Crippen LogP contribution in [0.2, 0.25) is 0 Å². The highest BCUT2D eigenvalue weighted by molar-refractivity contribution is 5.22. The second-order valence-corrected chi connectivity index (χ2v) is 6.88. The summed E-state index contributed by atoms with van der Waals surface area (Å²) in [6, 6.07) is 0. The third kappa shape index (κ3) is 1.20. The van der Waals surface area contributed by atoms with E-state index in [2.05, 4.69) is 33.8 Å². The minimum Gasteiger partial charge on any atom is -0.0850 e. The van der Waals surface area contributed by atoms with E-state index in [4.69, 9.17) is 0 Å². The number of rotatable bonds is 0. The Morgan fingerprint density at radius 3 is 2.73 bits per heavy atom. The fourth-order valence-electron chi connectivity index (χ4n) is 4.82. The smallest absolute Gasteiger partial charge is 0.0172 e. The Labute approximate surface area is 94.1 Å². The molecule has 84 valence electrons. The molecule has 0 aromatic rings. The van der Waals surface area contributed by atoms with Gasteiger partial charge in [-0.1, -0.05) is 32.4 Å². The van der Waals surface area contributed by atoms with Gasteiger partial charge in [-0.15, -0.1) is 0 Å². The van der Waals surface area contributed by atoms with E-state index in [0.717, 1.165) is 29.6 Å². The molecule has 0 bridgehead atoms. The predicted molar refractivity (Wildman–Crippen MR) is 64.5 cm³/mol. The van der Waals surface area contributed by atoms with Crippen LogP contribution in [0.4, 0.5) is 0 Å². The summed E-state index contributed by atoms with van der Waals surface area (Å²) in [5.41, 5.74) is 2.37. The van der Waals surface area contributed by atoms with Crippen LogP contribution in [0, 0.1) is 35.0 Å². The summed E-state index contributed by atoms with van der Waals surface area (Å²) in [5, 5.41) is 0. The van der Waals surface area contributed by atoms with Crippen LogP contribution in [-0.2, 0) is 0 Å². The first-order valence-corrected chi connectivity index (χ1v) is 6.70. The lowest BCUT2D eigenvalue weighted by atomic mass is 9.80. The molecule has 0 aromatic carbocycles. The molecule has 15 heavy (non-hydrogen) atoms. The van der Waals surface area contributed by atoms with Gasteiger partial charge in [0.2, 0.25) is 0 Å². The van der Waals surface area contributed by atoms with Crippen LogP contribution in [0.25, 0.3) is 0 Å². The minimum atomic E-state index is 0.652. The quantitative estimate of drug-likeness (QED) is 0.517. The highest BCUT2D eigenvalue weighted by Crippen LogP contribution is 2.69. The lowest BCUT2D eigenvalue weighted by Gasteiger charge is -2.25. The zero-order chi connectivity index (χ0) is 10.8. The van der Waals surface area contributed by atoms with E-state index in [0.29, 0.717) is 5.41 Å². The van der Waals surface area contributed by atoms with Crippen molar-refractivity contribution in [2.75, 3.05) is 0 Å². The van der Waals surface area contributed by atoms with Crippen LogP contribution in [0.15, 0.2) is 11.6 Å². The molecule has 3 aliphatic carbocycles. The molecule has 0 heteroatoms. The van der Waals surface area contributed by atoms with Crippen LogP contribution in [0.5, 0.6) is 0 Å². The Kier molecular flexibility index (Phi) is 1.92. The van der Waals surface area contributed by atoms with Gasteiger partial charge in [0.25, 0.3) is 0 Å². The molecule has 0 heterocycles. The van der Waals surface area contributed by atoms with Crippen LogP contribution >= 0.6 is 0 Å². The van der Waals surface area contributed by atoms with E-state index in [-0.39, 0.29) is 0 Å². The van der Waals surface area contributed by atoms with Crippen LogP contribution < -0.4 is 0 Å². The maximum Gasteiger partial charge on any atom is -0.0172 e. The number of allylic oxidation sites excluding steroid dienone is 2. The molecule has 2 saturated carbocycles.